The first kappa shape index (κ1) is 18.5. The molecule has 0 amide bonds. The standard InChI is InChI=1S/C30H20O2/c1-4-12-21(13-5-1)26-20-27(22-14-6-2-7-15-22)31-30(26)29-25-19-11-10-18-24(25)28(32-29)23-16-8-3-9-17-23/h1-20H. The van der Waals surface area contributed by atoms with Crippen LogP contribution >= 0.6 is 0 Å². The third-order valence-corrected chi connectivity index (χ3v) is 5.74. The molecular formula is C30H20O2. The van der Waals surface area contributed by atoms with Crippen LogP contribution in [-0.4, -0.2) is 0 Å². The minimum Gasteiger partial charge on any atom is -0.452 e. The molecule has 0 fully saturated rings. The molecule has 2 heteroatoms. The van der Waals surface area contributed by atoms with Crippen molar-refractivity contribution >= 4 is 10.8 Å². The van der Waals surface area contributed by atoms with Gasteiger partial charge in [-0.1, -0.05) is 115 Å². The lowest BCUT2D eigenvalue weighted by molar-refractivity contribution is 0.542. The molecule has 152 valence electrons. The number of furan rings is 2. The number of rotatable bonds is 4. The van der Waals surface area contributed by atoms with Crippen molar-refractivity contribution in [3.05, 3.63) is 121 Å². The normalized spacial score (nSPS) is 11.1. The number of fused-ring (bicyclic) bond motifs is 1. The molecule has 4 aromatic carbocycles. The second-order valence-corrected chi connectivity index (χ2v) is 7.76. The minimum absolute atomic E-state index is 0.744. The highest BCUT2D eigenvalue weighted by Gasteiger charge is 2.23. The van der Waals surface area contributed by atoms with E-state index >= 15 is 0 Å². The molecule has 0 saturated heterocycles. The fraction of sp³-hybridized carbons (Fsp3) is 0. The van der Waals surface area contributed by atoms with Crippen LogP contribution in [0.5, 0.6) is 0 Å². The summed E-state index contributed by atoms with van der Waals surface area (Å²) < 4.78 is 13.1. The third kappa shape index (κ3) is 3.14. The SMILES string of the molecule is c1ccc(-c2cc(-c3ccccc3)c(-c3oc(-c4ccccc4)c4ccccc34)o2)cc1. The van der Waals surface area contributed by atoms with Crippen LogP contribution in [0.4, 0.5) is 0 Å². The topological polar surface area (TPSA) is 26.3 Å². The van der Waals surface area contributed by atoms with Crippen LogP contribution < -0.4 is 0 Å². The molecule has 0 unspecified atom stereocenters. The van der Waals surface area contributed by atoms with Crippen LogP contribution in [0, 0.1) is 0 Å². The molecule has 0 radical (unpaired) electrons. The van der Waals surface area contributed by atoms with E-state index in [-0.39, 0.29) is 0 Å². The average molecular weight is 412 g/mol. The monoisotopic (exact) mass is 412 g/mol. The smallest absolute Gasteiger partial charge is 0.178 e. The van der Waals surface area contributed by atoms with Crippen LogP contribution in [0.3, 0.4) is 0 Å². The molecule has 0 aliphatic heterocycles. The molecule has 0 aliphatic rings. The van der Waals surface area contributed by atoms with Gasteiger partial charge in [-0.05, 0) is 11.6 Å². The number of benzene rings is 4. The van der Waals surface area contributed by atoms with E-state index in [1.165, 1.54) is 0 Å². The van der Waals surface area contributed by atoms with E-state index in [0.29, 0.717) is 0 Å². The van der Waals surface area contributed by atoms with Gasteiger partial charge in [0.2, 0.25) is 0 Å². The summed E-state index contributed by atoms with van der Waals surface area (Å²) in [5, 5.41) is 2.11. The Bertz CT molecular complexity index is 1490. The van der Waals surface area contributed by atoms with Gasteiger partial charge in [0.15, 0.2) is 11.5 Å². The van der Waals surface area contributed by atoms with Crippen molar-refractivity contribution in [3.8, 4) is 45.3 Å². The summed E-state index contributed by atoms with van der Waals surface area (Å²) in [5.74, 6) is 3.17. The van der Waals surface area contributed by atoms with Gasteiger partial charge in [-0.25, -0.2) is 0 Å². The van der Waals surface area contributed by atoms with Gasteiger partial charge in [0.05, 0.1) is 0 Å². The average Bonchev–Trinajstić information content (AvgIpc) is 3.48. The highest BCUT2D eigenvalue weighted by molar-refractivity contribution is 6.04. The summed E-state index contributed by atoms with van der Waals surface area (Å²) in [4.78, 5) is 0. The van der Waals surface area contributed by atoms with Gasteiger partial charge >= 0.3 is 0 Å². The molecule has 6 aromatic rings. The maximum Gasteiger partial charge on any atom is 0.178 e. The van der Waals surface area contributed by atoms with Gasteiger partial charge in [0, 0.05) is 27.5 Å². The summed E-state index contributed by atoms with van der Waals surface area (Å²) in [6, 6.07) is 41.1. The lowest BCUT2D eigenvalue weighted by atomic mass is 10.0. The van der Waals surface area contributed by atoms with Crippen molar-refractivity contribution in [2.75, 3.05) is 0 Å². The van der Waals surface area contributed by atoms with Gasteiger partial charge in [-0.15, -0.1) is 0 Å². The molecule has 0 atom stereocenters. The van der Waals surface area contributed by atoms with Crippen LogP contribution in [0.1, 0.15) is 0 Å². The van der Waals surface area contributed by atoms with Crippen LogP contribution in [0.25, 0.3) is 56.1 Å². The van der Waals surface area contributed by atoms with Gasteiger partial charge < -0.3 is 8.83 Å². The Hall–Kier alpha value is -4.30. The largest absolute Gasteiger partial charge is 0.452 e. The van der Waals surface area contributed by atoms with Gasteiger partial charge in [0.25, 0.3) is 0 Å². The lowest BCUT2D eigenvalue weighted by Gasteiger charge is -2.01. The van der Waals surface area contributed by atoms with E-state index in [2.05, 4.69) is 54.6 Å². The molecule has 0 saturated carbocycles. The van der Waals surface area contributed by atoms with E-state index in [0.717, 1.165) is 56.1 Å². The molecule has 2 nitrogen and oxygen atoms in total. The fourth-order valence-electron chi connectivity index (χ4n) is 4.20. The Balaban J connectivity index is 1.63. The van der Waals surface area contributed by atoms with Crippen molar-refractivity contribution < 1.29 is 8.83 Å². The first-order valence-electron chi connectivity index (χ1n) is 10.7. The summed E-state index contributed by atoms with van der Waals surface area (Å²) in [6.07, 6.45) is 0. The molecule has 0 bridgehead atoms. The highest BCUT2D eigenvalue weighted by atomic mass is 16.4. The Labute approximate surface area is 186 Å². The maximum absolute atomic E-state index is 6.55. The molecule has 32 heavy (non-hydrogen) atoms. The Morgan fingerprint density at radius 1 is 0.375 bits per heavy atom. The molecule has 0 aliphatic carbocycles. The van der Waals surface area contributed by atoms with E-state index in [4.69, 9.17) is 8.83 Å². The zero-order valence-electron chi connectivity index (χ0n) is 17.4. The lowest BCUT2D eigenvalue weighted by Crippen LogP contribution is -1.78. The predicted octanol–water partition coefficient (Wildman–Crippen LogP) is 8.69. The molecule has 0 N–H and O–H groups in total. The number of hydrogen-bond acceptors (Lipinski definition) is 2. The second-order valence-electron chi connectivity index (χ2n) is 7.76. The summed E-state index contributed by atoms with van der Waals surface area (Å²) in [7, 11) is 0. The zero-order chi connectivity index (χ0) is 21.3. The molecular weight excluding hydrogens is 392 g/mol. The number of hydrogen-bond donors (Lipinski definition) is 0. The molecule has 6 rings (SSSR count). The summed E-state index contributed by atoms with van der Waals surface area (Å²) in [6.45, 7) is 0. The minimum atomic E-state index is 0.744. The first-order chi connectivity index (χ1) is 15.9. The highest BCUT2D eigenvalue weighted by Crippen LogP contribution is 2.45. The van der Waals surface area contributed by atoms with E-state index in [1.807, 2.05) is 66.7 Å². The second kappa shape index (κ2) is 7.75. The van der Waals surface area contributed by atoms with E-state index in [9.17, 15) is 0 Å². The van der Waals surface area contributed by atoms with Gasteiger partial charge in [-0.3, -0.25) is 0 Å². The molecule has 0 spiro atoms. The van der Waals surface area contributed by atoms with Crippen molar-refractivity contribution in [2.24, 2.45) is 0 Å². The van der Waals surface area contributed by atoms with Crippen LogP contribution in [-0.2, 0) is 0 Å². The quantitative estimate of drug-likeness (QED) is 0.289. The first-order valence-corrected chi connectivity index (χ1v) is 10.7. The predicted molar refractivity (Wildman–Crippen MR) is 130 cm³/mol. The fourth-order valence-corrected chi connectivity index (χ4v) is 4.20. The van der Waals surface area contributed by atoms with Crippen molar-refractivity contribution in [1.82, 2.24) is 0 Å². The Morgan fingerprint density at radius 2 is 0.875 bits per heavy atom. The maximum atomic E-state index is 6.55. The summed E-state index contributed by atoms with van der Waals surface area (Å²) >= 11 is 0. The van der Waals surface area contributed by atoms with Crippen molar-refractivity contribution in [3.63, 3.8) is 0 Å². The van der Waals surface area contributed by atoms with Crippen molar-refractivity contribution in [2.45, 2.75) is 0 Å². The van der Waals surface area contributed by atoms with Crippen molar-refractivity contribution in [1.29, 1.82) is 0 Å². The Kier molecular flexibility index (Phi) is 4.47. The van der Waals surface area contributed by atoms with E-state index in [1.54, 1.807) is 0 Å². The molecule has 2 heterocycles. The van der Waals surface area contributed by atoms with Crippen LogP contribution in [0.15, 0.2) is 130 Å². The third-order valence-electron chi connectivity index (χ3n) is 5.74. The Morgan fingerprint density at radius 3 is 1.50 bits per heavy atom. The van der Waals surface area contributed by atoms with Crippen LogP contribution in [0.2, 0.25) is 0 Å². The van der Waals surface area contributed by atoms with Gasteiger partial charge in [0.1, 0.15) is 11.5 Å². The summed E-state index contributed by atoms with van der Waals surface area (Å²) in [5.41, 5.74) is 4.19. The zero-order valence-corrected chi connectivity index (χ0v) is 17.4. The molecule has 2 aromatic heterocycles. The van der Waals surface area contributed by atoms with E-state index < -0.39 is 0 Å². The van der Waals surface area contributed by atoms with Gasteiger partial charge in [-0.2, -0.15) is 0 Å².